The van der Waals surface area contributed by atoms with Gasteiger partial charge in [-0.2, -0.15) is 0 Å². The molecule has 4 aliphatic rings. The van der Waals surface area contributed by atoms with Gasteiger partial charge in [0.15, 0.2) is 0 Å². The molecule has 0 aromatic rings. The Kier molecular flexibility index (Phi) is 6.41. The molecule has 1 saturated carbocycles. The first-order valence-electron chi connectivity index (χ1n) is 11.8. The van der Waals surface area contributed by atoms with Crippen LogP contribution >= 0.6 is 0 Å². The lowest BCUT2D eigenvalue weighted by molar-refractivity contribution is -0.175. The van der Waals surface area contributed by atoms with Gasteiger partial charge < -0.3 is 10.0 Å². The van der Waals surface area contributed by atoms with Gasteiger partial charge >= 0.3 is 6.09 Å². The molecule has 3 aliphatic heterocycles. The molecule has 1 N–H and O–H groups in total. The van der Waals surface area contributed by atoms with Crippen LogP contribution in [-0.2, 0) is 9.63 Å². The Morgan fingerprint density at radius 2 is 1.84 bits per heavy atom. The smallest absolute Gasteiger partial charge is 0.407 e. The molecule has 4 atom stereocenters. The van der Waals surface area contributed by atoms with E-state index in [9.17, 15) is 23.5 Å². The molecule has 32 heavy (non-hydrogen) atoms. The third-order valence-corrected chi connectivity index (χ3v) is 8.58. The van der Waals surface area contributed by atoms with Crippen molar-refractivity contribution in [3.63, 3.8) is 0 Å². The van der Waals surface area contributed by atoms with Crippen molar-refractivity contribution in [2.45, 2.75) is 69.5 Å². The molecule has 8 nitrogen and oxygen atoms in total. The van der Waals surface area contributed by atoms with Crippen LogP contribution in [0.5, 0.6) is 0 Å². The zero-order valence-electron chi connectivity index (χ0n) is 19.3. The number of hydrogen-bond donors (Lipinski definition) is 1. The summed E-state index contributed by atoms with van der Waals surface area (Å²) in [5.74, 6) is -2.80. The lowest BCUT2D eigenvalue weighted by Crippen LogP contribution is -2.62. The summed E-state index contributed by atoms with van der Waals surface area (Å²) < 4.78 is 28.5. The van der Waals surface area contributed by atoms with Crippen molar-refractivity contribution in [2.24, 2.45) is 11.3 Å². The molecule has 3 unspecified atom stereocenters. The number of likely N-dealkylation sites (N-methyl/N-ethyl adjacent to an activating group) is 1. The van der Waals surface area contributed by atoms with Crippen LogP contribution < -0.4 is 0 Å². The van der Waals surface area contributed by atoms with E-state index in [1.165, 1.54) is 14.2 Å². The summed E-state index contributed by atoms with van der Waals surface area (Å²) in [7, 11) is 2.83. The van der Waals surface area contributed by atoms with Crippen molar-refractivity contribution in [3.05, 3.63) is 0 Å². The molecule has 2 amide bonds. The summed E-state index contributed by atoms with van der Waals surface area (Å²) in [6, 6.07) is -0.448. The molecule has 1 spiro atoms. The van der Waals surface area contributed by atoms with Crippen LogP contribution in [0.3, 0.4) is 0 Å². The summed E-state index contributed by atoms with van der Waals surface area (Å²) in [6.07, 6.45) is 3.22. The highest BCUT2D eigenvalue weighted by atomic mass is 19.3. The molecule has 10 heteroatoms. The van der Waals surface area contributed by atoms with E-state index in [1.807, 2.05) is 0 Å². The van der Waals surface area contributed by atoms with Crippen LogP contribution in [0.25, 0.3) is 0 Å². The van der Waals surface area contributed by atoms with E-state index in [0.717, 1.165) is 50.3 Å². The Bertz CT molecular complexity index is 733. The number of rotatable bonds is 5. The Labute approximate surface area is 188 Å². The molecular weight excluding hydrogens is 422 g/mol. The second-order valence-electron chi connectivity index (χ2n) is 10.1. The minimum atomic E-state index is -2.86. The molecular formula is C22H36F2N4O4. The van der Waals surface area contributed by atoms with Gasteiger partial charge in [-0.25, -0.2) is 18.6 Å². The monoisotopic (exact) mass is 458 g/mol. The summed E-state index contributed by atoms with van der Waals surface area (Å²) in [6.45, 7) is 4.72. The summed E-state index contributed by atoms with van der Waals surface area (Å²) in [4.78, 5) is 34.7. The van der Waals surface area contributed by atoms with Crippen LogP contribution in [-0.4, -0.2) is 108 Å². The molecule has 0 radical (unpaired) electrons. The first-order chi connectivity index (χ1) is 15.1. The van der Waals surface area contributed by atoms with Crippen molar-refractivity contribution in [2.75, 3.05) is 46.9 Å². The minimum Gasteiger partial charge on any atom is -0.465 e. The quantitative estimate of drug-likeness (QED) is 0.638. The molecule has 3 saturated heterocycles. The number of carboxylic acid groups (broad SMARTS) is 1. The summed E-state index contributed by atoms with van der Waals surface area (Å²) >= 11 is 0. The van der Waals surface area contributed by atoms with Crippen LogP contribution in [0.4, 0.5) is 13.6 Å². The Morgan fingerprint density at radius 1 is 1.16 bits per heavy atom. The third kappa shape index (κ3) is 4.09. The molecule has 0 aromatic heterocycles. The van der Waals surface area contributed by atoms with E-state index < -0.39 is 30.4 Å². The van der Waals surface area contributed by atoms with Gasteiger partial charge in [-0.15, -0.1) is 0 Å². The van der Waals surface area contributed by atoms with Crippen molar-refractivity contribution >= 4 is 12.0 Å². The Balaban J connectivity index is 1.36. The fourth-order valence-electron chi connectivity index (χ4n) is 6.88. The molecule has 0 bridgehead atoms. The number of likely N-dealkylation sites (tertiary alicyclic amines) is 3. The van der Waals surface area contributed by atoms with Crippen molar-refractivity contribution in [1.29, 1.82) is 0 Å². The van der Waals surface area contributed by atoms with Gasteiger partial charge in [0.2, 0.25) is 0 Å². The van der Waals surface area contributed by atoms with Crippen LogP contribution in [0, 0.1) is 11.3 Å². The number of halogens is 2. The van der Waals surface area contributed by atoms with Gasteiger partial charge in [0.1, 0.15) is 0 Å². The lowest BCUT2D eigenvalue weighted by Gasteiger charge is -2.58. The second kappa shape index (κ2) is 8.68. The van der Waals surface area contributed by atoms with Gasteiger partial charge in [-0.1, -0.05) is 13.3 Å². The number of carbonyl (C=O) groups excluding carboxylic acids is 1. The average Bonchev–Trinajstić information content (AvgIpc) is 3.34. The summed E-state index contributed by atoms with van der Waals surface area (Å²) in [5.41, 5.74) is 0.105. The normalized spacial score (nSPS) is 35.9. The van der Waals surface area contributed by atoms with Gasteiger partial charge in [-0.3, -0.25) is 19.4 Å². The zero-order chi connectivity index (χ0) is 23.3. The van der Waals surface area contributed by atoms with Crippen molar-refractivity contribution < 1.29 is 28.3 Å². The minimum absolute atomic E-state index is 0.0399. The first kappa shape index (κ1) is 23.6. The first-order valence-corrected chi connectivity index (χ1v) is 11.8. The highest BCUT2D eigenvalue weighted by molar-refractivity contribution is 5.81. The van der Waals surface area contributed by atoms with Crippen LogP contribution in [0.15, 0.2) is 0 Å². The molecule has 3 heterocycles. The van der Waals surface area contributed by atoms with E-state index in [4.69, 9.17) is 4.84 Å². The number of carbonyl (C=O) groups is 2. The highest BCUT2D eigenvalue weighted by Gasteiger charge is 2.58. The van der Waals surface area contributed by atoms with Crippen molar-refractivity contribution in [3.8, 4) is 0 Å². The second-order valence-corrected chi connectivity index (χ2v) is 10.1. The Morgan fingerprint density at radius 3 is 2.41 bits per heavy atom. The molecule has 1 aliphatic carbocycles. The van der Waals surface area contributed by atoms with Gasteiger partial charge in [0, 0.05) is 38.6 Å². The maximum Gasteiger partial charge on any atom is 0.407 e. The number of piperidine rings is 1. The number of hydrogen-bond acceptors (Lipinski definition) is 5. The summed E-state index contributed by atoms with van der Waals surface area (Å²) in [5, 5.41) is 10.4. The Hall–Kier alpha value is -1.52. The third-order valence-electron chi connectivity index (χ3n) is 8.58. The predicted octanol–water partition coefficient (Wildman–Crippen LogP) is 2.35. The van der Waals surface area contributed by atoms with E-state index in [1.54, 1.807) is 9.80 Å². The average molecular weight is 459 g/mol. The highest BCUT2D eigenvalue weighted by Crippen LogP contribution is 2.56. The van der Waals surface area contributed by atoms with Crippen LogP contribution in [0.2, 0.25) is 0 Å². The predicted molar refractivity (Wildman–Crippen MR) is 113 cm³/mol. The zero-order valence-corrected chi connectivity index (χ0v) is 19.3. The number of alkyl halides is 2. The number of hydroxylamine groups is 2. The standard InChI is InChI=1S/C22H36F2N4O4/c1-4-16-17(11-21(16)7-10-27(13-21)20(30)31)26-8-5-15(6-9-26)28-14-22(23,24)12-18(28)19(29)25(2)32-3/h15-18H,4-14H2,1-3H3,(H,30,31)/t16?,17?,18-,21?/m1/s1. The van der Waals surface area contributed by atoms with Gasteiger partial charge in [0.05, 0.1) is 19.7 Å². The maximum absolute atomic E-state index is 14.2. The van der Waals surface area contributed by atoms with Gasteiger partial charge in [0.25, 0.3) is 11.8 Å². The molecule has 0 aromatic carbocycles. The van der Waals surface area contributed by atoms with Gasteiger partial charge in [-0.05, 0) is 50.1 Å². The largest absolute Gasteiger partial charge is 0.465 e. The van der Waals surface area contributed by atoms with Crippen LogP contribution in [0.1, 0.15) is 45.4 Å². The van der Waals surface area contributed by atoms with Crippen molar-refractivity contribution in [1.82, 2.24) is 19.8 Å². The van der Waals surface area contributed by atoms with E-state index in [-0.39, 0.29) is 18.0 Å². The molecule has 4 rings (SSSR count). The van der Waals surface area contributed by atoms with E-state index in [2.05, 4.69) is 11.8 Å². The number of nitrogens with zero attached hydrogens (tertiary/aromatic N) is 4. The maximum atomic E-state index is 14.2. The number of amides is 2. The van der Waals surface area contributed by atoms with E-state index >= 15 is 0 Å². The molecule has 4 fully saturated rings. The fourth-order valence-corrected chi connectivity index (χ4v) is 6.88. The molecule has 182 valence electrons. The SMILES string of the molecule is CCC1C(N2CCC(N3CC(F)(F)C[C@@H]3C(=O)N(C)OC)CC2)CC12CCN(C(=O)O)C2. The van der Waals surface area contributed by atoms with E-state index in [0.29, 0.717) is 25.0 Å². The fraction of sp³-hybridized carbons (Fsp3) is 0.909. The topological polar surface area (TPSA) is 76.6 Å². The lowest BCUT2D eigenvalue weighted by atomic mass is 9.54.